The van der Waals surface area contributed by atoms with Crippen LogP contribution in [0.15, 0.2) is 48.5 Å². The molecule has 7 heteroatoms. The molecule has 3 amide bonds. The van der Waals surface area contributed by atoms with E-state index in [1.54, 1.807) is 30.3 Å². The van der Waals surface area contributed by atoms with E-state index >= 15 is 0 Å². The van der Waals surface area contributed by atoms with Crippen LogP contribution in [0.5, 0.6) is 0 Å². The zero-order valence-electron chi connectivity index (χ0n) is 15.5. The van der Waals surface area contributed by atoms with Gasteiger partial charge in [0.05, 0.1) is 0 Å². The third kappa shape index (κ3) is 4.89. The predicted octanol–water partition coefficient (Wildman–Crippen LogP) is 3.38. The van der Waals surface area contributed by atoms with E-state index in [4.69, 9.17) is 11.6 Å². The van der Waals surface area contributed by atoms with E-state index in [-0.39, 0.29) is 17.7 Å². The molecule has 1 fully saturated rings. The maximum atomic E-state index is 12.6. The van der Waals surface area contributed by atoms with Crippen LogP contribution in [0.4, 0.5) is 11.4 Å². The van der Waals surface area contributed by atoms with E-state index in [9.17, 15) is 14.4 Å². The lowest BCUT2D eigenvalue weighted by Crippen LogP contribution is -2.40. The SMILES string of the molecule is CC(=O)Nc1ccc(NC(=O)C2(C(=O)NCCc3cccc(Cl)c3)CC2)cc1. The molecule has 0 unspecified atom stereocenters. The summed E-state index contributed by atoms with van der Waals surface area (Å²) >= 11 is 5.96. The Labute approximate surface area is 168 Å². The summed E-state index contributed by atoms with van der Waals surface area (Å²) in [5.74, 6) is -0.718. The summed E-state index contributed by atoms with van der Waals surface area (Å²) in [5.41, 5.74) is 1.26. The largest absolute Gasteiger partial charge is 0.355 e. The summed E-state index contributed by atoms with van der Waals surface area (Å²) in [7, 11) is 0. The van der Waals surface area contributed by atoms with Crippen LogP contribution in [0.1, 0.15) is 25.3 Å². The Bertz CT molecular complexity index is 892. The summed E-state index contributed by atoms with van der Waals surface area (Å²) in [6, 6.07) is 14.2. The monoisotopic (exact) mass is 399 g/mol. The molecule has 0 bridgehead atoms. The lowest BCUT2D eigenvalue weighted by Gasteiger charge is -2.16. The van der Waals surface area contributed by atoms with Crippen molar-refractivity contribution in [2.75, 3.05) is 17.2 Å². The molecule has 146 valence electrons. The fourth-order valence-electron chi connectivity index (χ4n) is 2.96. The highest BCUT2D eigenvalue weighted by Crippen LogP contribution is 2.46. The second-order valence-corrected chi connectivity index (χ2v) is 7.37. The second kappa shape index (κ2) is 8.44. The summed E-state index contributed by atoms with van der Waals surface area (Å²) in [6.07, 6.45) is 1.71. The van der Waals surface area contributed by atoms with Gasteiger partial charge in [0.15, 0.2) is 0 Å². The number of benzene rings is 2. The van der Waals surface area contributed by atoms with Gasteiger partial charge in [-0.15, -0.1) is 0 Å². The molecule has 1 saturated carbocycles. The van der Waals surface area contributed by atoms with Gasteiger partial charge in [-0.3, -0.25) is 14.4 Å². The third-order valence-electron chi connectivity index (χ3n) is 4.67. The van der Waals surface area contributed by atoms with Crippen molar-refractivity contribution in [3.8, 4) is 0 Å². The van der Waals surface area contributed by atoms with Crippen LogP contribution < -0.4 is 16.0 Å². The number of halogens is 1. The zero-order chi connectivity index (χ0) is 20.1. The highest BCUT2D eigenvalue weighted by molar-refractivity contribution is 6.30. The van der Waals surface area contributed by atoms with Gasteiger partial charge in [-0.25, -0.2) is 0 Å². The molecule has 2 aromatic rings. The van der Waals surface area contributed by atoms with Crippen molar-refractivity contribution in [3.63, 3.8) is 0 Å². The Balaban J connectivity index is 1.52. The molecule has 0 atom stereocenters. The number of rotatable bonds is 7. The number of carbonyl (C=O) groups excluding carboxylic acids is 3. The van der Waals surface area contributed by atoms with Crippen molar-refractivity contribution in [3.05, 3.63) is 59.1 Å². The Morgan fingerprint density at radius 3 is 2.18 bits per heavy atom. The van der Waals surface area contributed by atoms with Gasteiger partial charge in [0, 0.05) is 29.9 Å². The quantitative estimate of drug-likeness (QED) is 0.624. The molecule has 0 saturated heterocycles. The van der Waals surface area contributed by atoms with E-state index in [1.165, 1.54) is 6.92 Å². The Morgan fingerprint density at radius 2 is 1.61 bits per heavy atom. The Kier molecular flexibility index (Phi) is 5.99. The van der Waals surface area contributed by atoms with Gasteiger partial charge in [-0.05, 0) is 61.2 Å². The van der Waals surface area contributed by atoms with Crippen molar-refractivity contribution in [2.24, 2.45) is 5.41 Å². The first-order chi connectivity index (χ1) is 13.4. The van der Waals surface area contributed by atoms with Gasteiger partial charge >= 0.3 is 0 Å². The molecule has 0 aliphatic heterocycles. The third-order valence-corrected chi connectivity index (χ3v) is 4.91. The highest BCUT2D eigenvalue weighted by atomic mass is 35.5. The number of nitrogens with one attached hydrogen (secondary N) is 3. The standard InChI is InChI=1S/C21H22ClN3O3/c1-14(26)24-17-5-7-18(8-6-17)25-20(28)21(10-11-21)19(27)23-12-9-15-3-2-4-16(22)13-15/h2-8,13H,9-12H2,1H3,(H,23,27)(H,24,26)(H,25,28). The molecular weight excluding hydrogens is 378 g/mol. The maximum absolute atomic E-state index is 12.6. The van der Waals surface area contributed by atoms with Crippen LogP contribution in [0.3, 0.4) is 0 Å². The van der Waals surface area contributed by atoms with Gasteiger partial charge in [-0.1, -0.05) is 23.7 Å². The van der Waals surface area contributed by atoms with Crippen LogP contribution in [-0.2, 0) is 20.8 Å². The first kappa shape index (κ1) is 19.9. The van der Waals surface area contributed by atoms with Crippen LogP contribution in [-0.4, -0.2) is 24.3 Å². The molecule has 28 heavy (non-hydrogen) atoms. The predicted molar refractivity (Wildman–Crippen MR) is 109 cm³/mol. The number of carbonyl (C=O) groups is 3. The average Bonchev–Trinajstić information content (AvgIpc) is 3.45. The zero-order valence-corrected chi connectivity index (χ0v) is 16.3. The lowest BCUT2D eigenvalue weighted by atomic mass is 10.0. The van der Waals surface area contributed by atoms with Gasteiger partial charge in [0.2, 0.25) is 17.7 Å². The molecule has 2 aromatic carbocycles. The van der Waals surface area contributed by atoms with E-state index in [0.717, 1.165) is 5.56 Å². The highest BCUT2D eigenvalue weighted by Gasteiger charge is 2.56. The van der Waals surface area contributed by atoms with Crippen molar-refractivity contribution in [2.45, 2.75) is 26.2 Å². The average molecular weight is 400 g/mol. The van der Waals surface area contributed by atoms with E-state index in [1.807, 2.05) is 18.2 Å². The summed E-state index contributed by atoms with van der Waals surface area (Å²) in [6.45, 7) is 1.87. The molecule has 1 aliphatic carbocycles. The van der Waals surface area contributed by atoms with Crippen molar-refractivity contribution in [1.82, 2.24) is 5.32 Å². The molecule has 0 radical (unpaired) electrons. The van der Waals surface area contributed by atoms with Gasteiger partial charge in [0.25, 0.3) is 0 Å². The number of anilines is 2. The van der Waals surface area contributed by atoms with Gasteiger partial charge in [-0.2, -0.15) is 0 Å². The van der Waals surface area contributed by atoms with Crippen LogP contribution >= 0.6 is 11.6 Å². The van der Waals surface area contributed by atoms with E-state index < -0.39 is 5.41 Å². The topological polar surface area (TPSA) is 87.3 Å². The van der Waals surface area contributed by atoms with E-state index in [2.05, 4.69) is 16.0 Å². The van der Waals surface area contributed by atoms with Gasteiger partial charge in [0.1, 0.15) is 5.41 Å². The number of amides is 3. The first-order valence-corrected chi connectivity index (χ1v) is 9.49. The first-order valence-electron chi connectivity index (χ1n) is 9.11. The van der Waals surface area contributed by atoms with Crippen LogP contribution in [0.25, 0.3) is 0 Å². The fraction of sp³-hybridized carbons (Fsp3) is 0.286. The normalized spacial score (nSPS) is 14.1. The maximum Gasteiger partial charge on any atom is 0.240 e. The summed E-state index contributed by atoms with van der Waals surface area (Å²) < 4.78 is 0. The van der Waals surface area contributed by atoms with Crippen molar-refractivity contribution < 1.29 is 14.4 Å². The Hall–Kier alpha value is -2.86. The summed E-state index contributed by atoms with van der Waals surface area (Å²) in [5, 5.41) is 8.97. The Morgan fingerprint density at radius 1 is 0.964 bits per heavy atom. The molecule has 0 spiro atoms. The minimum atomic E-state index is -0.995. The molecule has 3 rings (SSSR count). The molecule has 6 nitrogen and oxygen atoms in total. The molecule has 3 N–H and O–H groups in total. The van der Waals surface area contributed by atoms with E-state index in [0.29, 0.717) is 42.2 Å². The molecule has 0 heterocycles. The van der Waals surface area contributed by atoms with Crippen molar-refractivity contribution in [1.29, 1.82) is 0 Å². The van der Waals surface area contributed by atoms with Crippen molar-refractivity contribution >= 4 is 40.7 Å². The molecule has 0 aromatic heterocycles. The van der Waals surface area contributed by atoms with Gasteiger partial charge < -0.3 is 16.0 Å². The second-order valence-electron chi connectivity index (χ2n) is 6.93. The lowest BCUT2D eigenvalue weighted by molar-refractivity contribution is -0.134. The van der Waals surface area contributed by atoms with Crippen LogP contribution in [0, 0.1) is 5.41 Å². The minimum absolute atomic E-state index is 0.164. The number of hydrogen-bond acceptors (Lipinski definition) is 3. The molecule has 1 aliphatic rings. The molecular formula is C21H22ClN3O3. The summed E-state index contributed by atoms with van der Waals surface area (Å²) in [4.78, 5) is 36.2. The fourth-order valence-corrected chi connectivity index (χ4v) is 3.17. The smallest absolute Gasteiger partial charge is 0.240 e. The number of hydrogen-bond donors (Lipinski definition) is 3. The van der Waals surface area contributed by atoms with Crippen LogP contribution in [0.2, 0.25) is 5.02 Å². The minimum Gasteiger partial charge on any atom is -0.355 e.